The molecule has 10 heteroatoms. The Hall–Kier alpha value is -3.31. The zero-order valence-electron chi connectivity index (χ0n) is 25.0. The molecule has 1 fully saturated rings. The van der Waals surface area contributed by atoms with Crippen LogP contribution in [-0.2, 0) is 27.8 Å². The third-order valence-electron chi connectivity index (χ3n) is 9.31. The molecule has 0 radical (unpaired) electrons. The summed E-state index contributed by atoms with van der Waals surface area (Å²) < 4.78 is 27.9. The van der Waals surface area contributed by atoms with Crippen molar-refractivity contribution in [1.29, 1.82) is 0 Å². The number of carbonyl (C=O) groups excluding carboxylic acids is 1. The Balaban J connectivity index is 0.850. The molecule has 4 heterocycles. The SMILES string of the molecule is O=C1CC2Cc3ccsc3C2=NN1CCCCCCN1CCN(Cc2cccc3c2ccn3S(=O)(=O)c2ccccc2)CC1. The highest BCUT2D eigenvalue weighted by molar-refractivity contribution is 7.90. The van der Waals surface area contributed by atoms with Crippen LogP contribution in [0.15, 0.2) is 82.2 Å². The number of carbonyl (C=O) groups is 1. The van der Waals surface area contributed by atoms with Gasteiger partial charge >= 0.3 is 0 Å². The molecule has 0 bridgehead atoms. The summed E-state index contributed by atoms with van der Waals surface area (Å²) in [4.78, 5) is 19.2. The van der Waals surface area contributed by atoms with Gasteiger partial charge in [0.1, 0.15) is 0 Å². The highest BCUT2D eigenvalue weighted by Gasteiger charge is 2.36. The molecule has 1 unspecified atom stereocenters. The predicted octanol–water partition coefficient (Wildman–Crippen LogP) is 5.43. The number of thiophene rings is 1. The van der Waals surface area contributed by atoms with E-state index in [9.17, 15) is 13.2 Å². The van der Waals surface area contributed by atoms with E-state index in [-0.39, 0.29) is 5.91 Å². The molecule has 2 aromatic carbocycles. The van der Waals surface area contributed by atoms with E-state index in [1.54, 1.807) is 46.8 Å². The normalized spacial score (nSPS) is 19.4. The van der Waals surface area contributed by atoms with E-state index in [2.05, 4.69) is 27.3 Å². The van der Waals surface area contributed by atoms with Crippen molar-refractivity contribution in [2.45, 2.75) is 50.0 Å². The Bertz CT molecular complexity index is 1770. The van der Waals surface area contributed by atoms with Gasteiger partial charge in [-0.25, -0.2) is 17.4 Å². The molecule has 1 atom stereocenters. The monoisotopic (exact) mass is 629 g/mol. The van der Waals surface area contributed by atoms with E-state index < -0.39 is 10.0 Å². The molecule has 1 amide bonds. The smallest absolute Gasteiger partial charge is 0.268 e. The van der Waals surface area contributed by atoms with E-state index in [0.29, 0.717) is 17.2 Å². The van der Waals surface area contributed by atoms with Gasteiger partial charge < -0.3 is 4.90 Å². The Labute approximate surface area is 263 Å². The average Bonchev–Trinajstić information content (AvgIpc) is 3.76. The van der Waals surface area contributed by atoms with Crippen molar-refractivity contribution in [3.8, 4) is 0 Å². The summed E-state index contributed by atoms with van der Waals surface area (Å²) in [6.07, 6.45) is 7.70. The van der Waals surface area contributed by atoms with Gasteiger partial charge in [0.2, 0.25) is 5.91 Å². The lowest BCUT2D eigenvalue weighted by Gasteiger charge is -2.34. The topological polar surface area (TPSA) is 78.2 Å². The lowest BCUT2D eigenvalue weighted by atomic mass is 9.99. The van der Waals surface area contributed by atoms with E-state index >= 15 is 0 Å². The van der Waals surface area contributed by atoms with Crippen LogP contribution in [0.4, 0.5) is 0 Å². The standard InChI is InChI=1S/C34H39N5O3S2/c40-32-24-28-23-26-14-22-43-34(26)33(28)35-38(32)16-7-2-1-6-15-36-18-20-37(21-19-36)25-27-9-8-12-31-30(27)13-17-39(31)44(41,42)29-10-4-3-5-11-29/h3-5,8-14,17,22,28H,1-2,6-7,15-16,18-21,23-25H2. The van der Waals surface area contributed by atoms with E-state index in [4.69, 9.17) is 5.10 Å². The second-order valence-electron chi connectivity index (χ2n) is 12.2. The molecular weight excluding hydrogens is 591 g/mol. The van der Waals surface area contributed by atoms with Gasteiger partial charge in [-0.05, 0) is 72.6 Å². The first kappa shape index (κ1) is 29.4. The van der Waals surface area contributed by atoms with Crippen molar-refractivity contribution < 1.29 is 13.2 Å². The van der Waals surface area contributed by atoms with Gasteiger partial charge in [-0.2, -0.15) is 5.10 Å². The number of benzene rings is 2. The summed E-state index contributed by atoms with van der Waals surface area (Å²) in [5.41, 5.74) is 4.38. The number of nitrogens with zero attached hydrogens (tertiary/aromatic N) is 5. The number of hydrogen-bond acceptors (Lipinski definition) is 7. The van der Waals surface area contributed by atoms with Crippen molar-refractivity contribution in [3.63, 3.8) is 0 Å². The minimum Gasteiger partial charge on any atom is -0.301 e. The summed E-state index contributed by atoms with van der Waals surface area (Å²) in [5, 5.41) is 9.64. The third kappa shape index (κ3) is 5.88. The quantitative estimate of drug-likeness (QED) is 0.207. The number of hydrogen-bond donors (Lipinski definition) is 0. The summed E-state index contributed by atoms with van der Waals surface area (Å²) in [7, 11) is -3.64. The van der Waals surface area contributed by atoms with Crippen LogP contribution in [0.2, 0.25) is 0 Å². The molecule has 4 aromatic rings. The first-order valence-corrected chi connectivity index (χ1v) is 18.1. The Morgan fingerprint density at radius 1 is 0.818 bits per heavy atom. The highest BCUT2D eigenvalue weighted by atomic mass is 32.2. The van der Waals surface area contributed by atoms with E-state index in [1.165, 1.54) is 27.3 Å². The van der Waals surface area contributed by atoms with Crippen LogP contribution in [0.3, 0.4) is 0 Å². The maximum Gasteiger partial charge on any atom is 0.268 e. The minimum absolute atomic E-state index is 0.179. The van der Waals surface area contributed by atoms with Crippen LogP contribution in [0.1, 0.15) is 48.1 Å². The van der Waals surface area contributed by atoms with Gasteiger partial charge in [0.15, 0.2) is 0 Å². The number of hydrazone groups is 1. The van der Waals surface area contributed by atoms with Crippen molar-refractivity contribution >= 4 is 43.9 Å². The largest absolute Gasteiger partial charge is 0.301 e. The number of unbranched alkanes of at least 4 members (excludes halogenated alkanes) is 3. The first-order valence-electron chi connectivity index (χ1n) is 15.8. The van der Waals surface area contributed by atoms with E-state index in [1.807, 2.05) is 24.3 Å². The molecule has 3 aliphatic rings. The molecule has 7 rings (SSSR count). The van der Waals surface area contributed by atoms with Gasteiger partial charge in [0.05, 0.1) is 21.0 Å². The molecule has 230 valence electrons. The number of piperazine rings is 1. The fraction of sp³-hybridized carbons (Fsp3) is 0.412. The molecule has 2 aromatic heterocycles. The maximum absolute atomic E-state index is 13.3. The lowest BCUT2D eigenvalue weighted by molar-refractivity contribution is -0.132. The van der Waals surface area contributed by atoms with Crippen molar-refractivity contribution in [2.24, 2.45) is 11.0 Å². The summed E-state index contributed by atoms with van der Waals surface area (Å²) in [6, 6.07) is 18.7. The summed E-state index contributed by atoms with van der Waals surface area (Å²) >= 11 is 1.75. The Morgan fingerprint density at radius 2 is 1.59 bits per heavy atom. The predicted molar refractivity (Wildman–Crippen MR) is 176 cm³/mol. The highest BCUT2D eigenvalue weighted by Crippen LogP contribution is 2.36. The summed E-state index contributed by atoms with van der Waals surface area (Å²) in [6.45, 7) is 6.75. The molecule has 8 nitrogen and oxygen atoms in total. The average molecular weight is 630 g/mol. The molecule has 0 saturated carbocycles. The molecular formula is C34H39N5O3S2. The number of rotatable bonds is 11. The van der Waals surface area contributed by atoms with Gasteiger partial charge in [-0.15, -0.1) is 11.3 Å². The molecule has 0 N–H and O–H groups in total. The molecule has 1 saturated heterocycles. The van der Waals surface area contributed by atoms with Crippen molar-refractivity contribution in [2.75, 3.05) is 39.3 Å². The molecule has 1 aliphatic carbocycles. The van der Waals surface area contributed by atoms with Crippen LogP contribution < -0.4 is 0 Å². The lowest BCUT2D eigenvalue weighted by Crippen LogP contribution is -2.46. The van der Waals surface area contributed by atoms with E-state index in [0.717, 1.165) is 87.3 Å². The fourth-order valence-corrected chi connectivity index (χ4v) is 9.23. The second kappa shape index (κ2) is 12.6. The second-order valence-corrected chi connectivity index (χ2v) is 14.9. The summed E-state index contributed by atoms with van der Waals surface area (Å²) in [5.74, 6) is 0.471. The first-order chi connectivity index (χ1) is 21.5. The van der Waals surface area contributed by atoms with Crippen molar-refractivity contribution in [1.82, 2.24) is 18.8 Å². The molecule has 2 aliphatic heterocycles. The zero-order valence-corrected chi connectivity index (χ0v) is 26.6. The molecule has 44 heavy (non-hydrogen) atoms. The Morgan fingerprint density at radius 3 is 2.41 bits per heavy atom. The van der Waals surface area contributed by atoms with Crippen LogP contribution in [0.25, 0.3) is 10.9 Å². The number of amides is 1. The minimum atomic E-state index is -3.64. The van der Waals surface area contributed by atoms with Crippen LogP contribution in [0, 0.1) is 5.92 Å². The van der Waals surface area contributed by atoms with Crippen LogP contribution in [0.5, 0.6) is 0 Å². The van der Waals surface area contributed by atoms with Crippen LogP contribution >= 0.6 is 11.3 Å². The fourth-order valence-electron chi connectivity index (χ4n) is 6.86. The third-order valence-corrected chi connectivity index (χ3v) is 12.0. The molecule has 0 spiro atoms. The maximum atomic E-state index is 13.3. The van der Waals surface area contributed by atoms with Crippen LogP contribution in [-0.4, -0.2) is 78.1 Å². The van der Waals surface area contributed by atoms with Gasteiger partial charge in [-0.3, -0.25) is 9.69 Å². The Kier molecular flexibility index (Phi) is 8.41. The van der Waals surface area contributed by atoms with Gasteiger partial charge in [-0.1, -0.05) is 43.2 Å². The number of fused-ring (bicyclic) bond motifs is 4. The van der Waals surface area contributed by atoms with Gasteiger partial charge in [0.25, 0.3) is 10.0 Å². The van der Waals surface area contributed by atoms with Crippen molar-refractivity contribution in [3.05, 3.63) is 88.2 Å². The van der Waals surface area contributed by atoms with Gasteiger partial charge in [0, 0.05) is 63.2 Å². The number of aromatic nitrogens is 1. The zero-order chi connectivity index (χ0) is 30.1.